The van der Waals surface area contributed by atoms with Crippen molar-refractivity contribution in [3.63, 3.8) is 0 Å². The van der Waals surface area contributed by atoms with Crippen LogP contribution in [-0.2, 0) is 11.3 Å². The molecule has 0 saturated heterocycles. The summed E-state index contributed by atoms with van der Waals surface area (Å²) < 4.78 is 1.71. The molecule has 2 aromatic heterocycles. The molecule has 0 aliphatic carbocycles. The van der Waals surface area contributed by atoms with Crippen LogP contribution in [0, 0.1) is 0 Å². The van der Waals surface area contributed by atoms with Gasteiger partial charge < -0.3 is 10.6 Å². The van der Waals surface area contributed by atoms with E-state index in [1.807, 2.05) is 20.8 Å². The van der Waals surface area contributed by atoms with E-state index in [1.54, 1.807) is 46.9 Å². The number of carbonyl (C=O) groups is 3. The van der Waals surface area contributed by atoms with Crippen LogP contribution in [0.3, 0.4) is 0 Å². The first-order valence-corrected chi connectivity index (χ1v) is 11.7. The average Bonchev–Trinajstić information content (AvgIpc) is 3.29. The van der Waals surface area contributed by atoms with Crippen LogP contribution in [-0.4, -0.2) is 67.3 Å². The summed E-state index contributed by atoms with van der Waals surface area (Å²) in [4.78, 5) is 47.5. The number of fused-ring (bicyclic) bond motifs is 2. The second kappa shape index (κ2) is 9.57. The summed E-state index contributed by atoms with van der Waals surface area (Å²) in [5.41, 5.74) is 1.33. The van der Waals surface area contributed by atoms with E-state index in [0.717, 1.165) is 21.9 Å². The van der Waals surface area contributed by atoms with Gasteiger partial charge in [-0.25, -0.2) is 14.6 Å². The Morgan fingerprint density at radius 1 is 1.12 bits per heavy atom. The highest BCUT2D eigenvalue weighted by Gasteiger charge is 2.36. The lowest BCUT2D eigenvalue weighted by molar-refractivity contribution is -0.121. The van der Waals surface area contributed by atoms with E-state index in [1.165, 1.54) is 0 Å². The molecule has 3 aromatic rings. The Balaban J connectivity index is 1.41. The number of hydrogen-bond donors (Lipinski definition) is 2. The van der Waals surface area contributed by atoms with E-state index in [-0.39, 0.29) is 19.1 Å². The van der Waals surface area contributed by atoms with Crippen LogP contribution in [0.5, 0.6) is 0 Å². The second-order valence-electron chi connectivity index (χ2n) is 7.78. The molecule has 0 spiro atoms. The molecule has 1 aliphatic heterocycles. The first-order valence-electron chi connectivity index (χ1n) is 10.7. The summed E-state index contributed by atoms with van der Waals surface area (Å²) in [5, 5.41) is 12.0. The topological polar surface area (TPSA) is 122 Å². The molecule has 0 fully saturated rings. The van der Waals surface area contributed by atoms with Gasteiger partial charge in [0.15, 0.2) is 10.8 Å². The zero-order valence-corrected chi connectivity index (χ0v) is 19.5. The number of nitrogens with zero attached hydrogens (tertiary/aromatic N) is 5. The first-order chi connectivity index (χ1) is 15.9. The maximum atomic E-state index is 12.4. The Labute approximate surface area is 195 Å². The largest absolute Gasteiger partial charge is 0.367 e. The molecule has 172 valence electrons. The summed E-state index contributed by atoms with van der Waals surface area (Å²) in [7, 11) is 0. The molecule has 0 bridgehead atoms. The molecule has 0 saturated carbocycles. The fourth-order valence-corrected chi connectivity index (χ4v) is 4.12. The number of aromatic nitrogens is 4. The van der Waals surface area contributed by atoms with Crippen molar-refractivity contribution >= 4 is 46.3 Å². The van der Waals surface area contributed by atoms with E-state index in [2.05, 4.69) is 25.7 Å². The maximum Gasteiger partial charge on any atom is 0.262 e. The van der Waals surface area contributed by atoms with Crippen LogP contribution in [0.15, 0.2) is 35.6 Å². The standard InChI is InChI=1S/C22H25N7O3S/c1-4-33-22-26-18(25-13(2)3)16-11-24-29(19(16)27-22)10-9-23-17(30)12-28-20(31)14-7-5-6-8-15(14)21(28)32/h5-8,11,13H,4,9-10,12H2,1-3H3,(H,23,30)(H,25,26,27). The van der Waals surface area contributed by atoms with Crippen molar-refractivity contribution in [1.82, 2.24) is 30.0 Å². The summed E-state index contributed by atoms with van der Waals surface area (Å²) in [6, 6.07) is 6.76. The molecule has 3 amide bonds. The maximum absolute atomic E-state index is 12.4. The predicted molar refractivity (Wildman–Crippen MR) is 125 cm³/mol. The number of thioether (sulfide) groups is 1. The predicted octanol–water partition coefficient (Wildman–Crippen LogP) is 2.17. The quantitative estimate of drug-likeness (QED) is 0.279. The highest BCUT2D eigenvalue weighted by atomic mass is 32.2. The number of nitrogens with one attached hydrogen (secondary N) is 2. The van der Waals surface area contributed by atoms with Crippen molar-refractivity contribution in [1.29, 1.82) is 0 Å². The molecule has 0 unspecified atom stereocenters. The third kappa shape index (κ3) is 4.68. The lowest BCUT2D eigenvalue weighted by Gasteiger charge is -2.14. The van der Waals surface area contributed by atoms with Crippen molar-refractivity contribution < 1.29 is 14.4 Å². The third-order valence-electron chi connectivity index (χ3n) is 5.00. The fraction of sp³-hybridized carbons (Fsp3) is 0.364. The summed E-state index contributed by atoms with van der Waals surface area (Å²) in [6.07, 6.45) is 1.71. The molecular formula is C22H25N7O3S. The zero-order chi connectivity index (χ0) is 23.5. The van der Waals surface area contributed by atoms with E-state index in [4.69, 9.17) is 0 Å². The lowest BCUT2D eigenvalue weighted by Crippen LogP contribution is -2.41. The van der Waals surface area contributed by atoms with Gasteiger partial charge in [0.05, 0.1) is 29.3 Å². The van der Waals surface area contributed by atoms with Crippen molar-refractivity contribution in [3.8, 4) is 0 Å². The summed E-state index contributed by atoms with van der Waals surface area (Å²) >= 11 is 1.54. The Hall–Kier alpha value is -3.47. The van der Waals surface area contributed by atoms with Gasteiger partial charge in [-0.05, 0) is 31.7 Å². The van der Waals surface area contributed by atoms with Gasteiger partial charge in [-0.3, -0.25) is 19.3 Å². The van der Waals surface area contributed by atoms with Crippen LogP contribution in [0.2, 0.25) is 0 Å². The molecule has 1 aromatic carbocycles. The van der Waals surface area contributed by atoms with E-state index in [9.17, 15) is 14.4 Å². The summed E-state index contributed by atoms with van der Waals surface area (Å²) in [6.45, 7) is 6.44. The normalized spacial score (nSPS) is 13.2. The molecule has 0 radical (unpaired) electrons. The van der Waals surface area contributed by atoms with Crippen LogP contribution in [0.4, 0.5) is 5.82 Å². The summed E-state index contributed by atoms with van der Waals surface area (Å²) in [5.74, 6) is 0.249. The van der Waals surface area contributed by atoms with E-state index < -0.39 is 17.7 Å². The van der Waals surface area contributed by atoms with Crippen molar-refractivity contribution in [3.05, 3.63) is 41.6 Å². The number of carbonyl (C=O) groups excluding carboxylic acids is 3. The van der Waals surface area contributed by atoms with Crippen molar-refractivity contribution in [2.75, 3.05) is 24.2 Å². The number of amides is 3. The van der Waals surface area contributed by atoms with Gasteiger partial charge in [0.25, 0.3) is 11.8 Å². The van der Waals surface area contributed by atoms with Crippen LogP contribution >= 0.6 is 11.8 Å². The monoisotopic (exact) mass is 467 g/mol. The molecule has 10 nitrogen and oxygen atoms in total. The molecule has 33 heavy (non-hydrogen) atoms. The second-order valence-corrected chi connectivity index (χ2v) is 9.01. The minimum atomic E-state index is -0.452. The SMILES string of the molecule is CCSc1nc(NC(C)C)c2cnn(CCNC(=O)CN3C(=O)c4ccccc4C3=O)c2n1. The number of benzene rings is 1. The third-order valence-corrected chi connectivity index (χ3v) is 5.73. The number of hydrogen-bond acceptors (Lipinski definition) is 8. The number of imide groups is 1. The first kappa shape index (κ1) is 22.7. The van der Waals surface area contributed by atoms with Gasteiger partial charge in [-0.2, -0.15) is 5.10 Å². The van der Waals surface area contributed by atoms with Gasteiger partial charge in [0, 0.05) is 12.6 Å². The van der Waals surface area contributed by atoms with Gasteiger partial charge in [-0.1, -0.05) is 30.8 Å². The highest BCUT2D eigenvalue weighted by Crippen LogP contribution is 2.25. The Morgan fingerprint density at radius 2 is 1.82 bits per heavy atom. The van der Waals surface area contributed by atoms with Crippen LogP contribution in [0.25, 0.3) is 11.0 Å². The van der Waals surface area contributed by atoms with Crippen LogP contribution in [0.1, 0.15) is 41.5 Å². The van der Waals surface area contributed by atoms with Gasteiger partial charge >= 0.3 is 0 Å². The molecule has 2 N–H and O–H groups in total. The molecule has 11 heteroatoms. The average molecular weight is 468 g/mol. The lowest BCUT2D eigenvalue weighted by atomic mass is 10.1. The Morgan fingerprint density at radius 3 is 2.45 bits per heavy atom. The number of rotatable bonds is 9. The zero-order valence-electron chi connectivity index (χ0n) is 18.7. The molecule has 3 heterocycles. The smallest absolute Gasteiger partial charge is 0.262 e. The Bertz CT molecular complexity index is 1190. The minimum Gasteiger partial charge on any atom is -0.367 e. The molecule has 4 rings (SSSR count). The van der Waals surface area contributed by atoms with E-state index in [0.29, 0.717) is 28.5 Å². The van der Waals surface area contributed by atoms with Gasteiger partial charge in [0.1, 0.15) is 12.4 Å². The van der Waals surface area contributed by atoms with Crippen molar-refractivity contribution in [2.24, 2.45) is 0 Å². The highest BCUT2D eigenvalue weighted by molar-refractivity contribution is 7.99. The number of anilines is 1. The molecule has 0 atom stereocenters. The van der Waals surface area contributed by atoms with Crippen molar-refractivity contribution in [2.45, 2.75) is 38.5 Å². The Kier molecular flexibility index (Phi) is 6.59. The van der Waals surface area contributed by atoms with E-state index >= 15 is 0 Å². The molecule has 1 aliphatic rings. The molecular weight excluding hydrogens is 442 g/mol. The minimum absolute atomic E-state index is 0.201. The van der Waals surface area contributed by atoms with Gasteiger partial charge in [0.2, 0.25) is 5.91 Å². The fourth-order valence-electron chi connectivity index (χ4n) is 3.56. The van der Waals surface area contributed by atoms with Crippen LogP contribution < -0.4 is 10.6 Å². The van der Waals surface area contributed by atoms with Gasteiger partial charge in [-0.15, -0.1) is 0 Å².